The molecule has 4 rings (SSSR count). The number of aliphatic hydroxyl groups is 1. The predicted octanol–water partition coefficient (Wildman–Crippen LogP) is 3.00. The molecule has 0 saturated heterocycles. The van der Waals surface area contributed by atoms with Crippen LogP contribution in [0.4, 0.5) is 5.69 Å². The molecule has 0 fully saturated rings. The maximum absolute atomic E-state index is 13.0. The van der Waals surface area contributed by atoms with Gasteiger partial charge in [0.2, 0.25) is 0 Å². The zero-order valence-corrected chi connectivity index (χ0v) is 16.3. The van der Waals surface area contributed by atoms with Crippen molar-refractivity contribution in [1.29, 1.82) is 0 Å². The molecule has 2 aromatic carbocycles. The summed E-state index contributed by atoms with van der Waals surface area (Å²) in [5.74, 6) is 0.424. The lowest BCUT2D eigenvalue weighted by atomic mass is 9.98. The largest absolute Gasteiger partial charge is 0.489 e. The predicted molar refractivity (Wildman–Crippen MR) is 112 cm³/mol. The van der Waals surface area contributed by atoms with Crippen LogP contribution in [-0.4, -0.2) is 36.2 Å². The number of carbonyl (C=O) groups is 1. The van der Waals surface area contributed by atoms with Crippen molar-refractivity contribution < 1.29 is 14.6 Å². The number of nitrogens with zero attached hydrogens (tertiary/aromatic N) is 2. The number of pyridine rings is 1. The molecule has 0 atom stereocenters. The van der Waals surface area contributed by atoms with E-state index in [0.717, 1.165) is 34.5 Å². The van der Waals surface area contributed by atoms with Crippen LogP contribution in [-0.2, 0) is 13.2 Å². The molecule has 0 aliphatic carbocycles. The van der Waals surface area contributed by atoms with Crippen LogP contribution in [0.3, 0.4) is 0 Å². The zero-order chi connectivity index (χ0) is 20.2. The standard InChI is InChI=1S/C23H23N3O3/c1-26-9-10-29-22-20(23(28)25-14-17-3-2-8-24-13-17)11-19(12-21(22)26)18-6-4-16(15-27)5-7-18/h2-8,11-13,27H,9-10,14-15H2,1H3,(H,25,28). The lowest BCUT2D eigenvalue weighted by Gasteiger charge is -2.30. The van der Waals surface area contributed by atoms with Crippen LogP contribution < -0.4 is 15.0 Å². The van der Waals surface area contributed by atoms with E-state index < -0.39 is 0 Å². The Morgan fingerprint density at radius 1 is 1.17 bits per heavy atom. The number of carbonyl (C=O) groups excluding carboxylic acids is 1. The van der Waals surface area contributed by atoms with Gasteiger partial charge in [-0.3, -0.25) is 9.78 Å². The van der Waals surface area contributed by atoms with Crippen molar-refractivity contribution in [2.75, 3.05) is 25.1 Å². The number of ether oxygens (including phenoxy) is 1. The Bertz CT molecular complexity index is 1000. The summed E-state index contributed by atoms with van der Waals surface area (Å²) in [7, 11) is 2.00. The summed E-state index contributed by atoms with van der Waals surface area (Å²) < 4.78 is 5.88. The van der Waals surface area contributed by atoms with E-state index in [9.17, 15) is 9.90 Å². The maximum Gasteiger partial charge on any atom is 0.255 e. The molecular weight excluding hydrogens is 366 g/mol. The van der Waals surface area contributed by atoms with Crippen LogP contribution in [0.1, 0.15) is 21.5 Å². The van der Waals surface area contributed by atoms with Gasteiger partial charge in [-0.05, 0) is 40.5 Å². The lowest BCUT2D eigenvalue weighted by molar-refractivity contribution is 0.0946. The first-order valence-corrected chi connectivity index (χ1v) is 9.55. The van der Waals surface area contributed by atoms with E-state index in [0.29, 0.717) is 24.5 Å². The molecular formula is C23H23N3O3. The van der Waals surface area contributed by atoms with Gasteiger partial charge in [-0.2, -0.15) is 0 Å². The van der Waals surface area contributed by atoms with Gasteiger partial charge in [0.15, 0.2) is 5.75 Å². The van der Waals surface area contributed by atoms with Crippen molar-refractivity contribution in [3.63, 3.8) is 0 Å². The summed E-state index contributed by atoms with van der Waals surface area (Å²) in [5, 5.41) is 12.2. The van der Waals surface area contributed by atoms with Gasteiger partial charge in [-0.15, -0.1) is 0 Å². The fraction of sp³-hybridized carbons (Fsp3) is 0.217. The molecule has 6 nitrogen and oxygen atoms in total. The Morgan fingerprint density at radius 3 is 2.72 bits per heavy atom. The minimum absolute atomic E-state index is 0.00302. The molecule has 1 aromatic heterocycles. The number of likely N-dealkylation sites (N-methyl/N-ethyl adjacent to an activating group) is 1. The number of nitrogens with one attached hydrogen (secondary N) is 1. The molecule has 1 aliphatic rings. The topological polar surface area (TPSA) is 74.7 Å². The van der Waals surface area contributed by atoms with Crippen LogP contribution in [0.15, 0.2) is 60.9 Å². The molecule has 1 aliphatic heterocycles. The minimum atomic E-state index is -0.186. The lowest BCUT2D eigenvalue weighted by Crippen LogP contribution is -2.31. The van der Waals surface area contributed by atoms with Gasteiger partial charge in [-0.25, -0.2) is 0 Å². The quantitative estimate of drug-likeness (QED) is 0.702. The minimum Gasteiger partial charge on any atom is -0.489 e. The number of anilines is 1. The maximum atomic E-state index is 13.0. The third kappa shape index (κ3) is 4.07. The number of rotatable bonds is 5. The summed E-state index contributed by atoms with van der Waals surface area (Å²) in [6.07, 6.45) is 3.44. The summed E-state index contributed by atoms with van der Waals surface area (Å²) >= 11 is 0. The number of aliphatic hydroxyl groups excluding tert-OH is 1. The number of benzene rings is 2. The molecule has 1 amide bonds. The first-order valence-electron chi connectivity index (χ1n) is 9.55. The number of aromatic nitrogens is 1. The van der Waals surface area contributed by atoms with E-state index >= 15 is 0 Å². The molecule has 29 heavy (non-hydrogen) atoms. The van der Waals surface area contributed by atoms with Crippen molar-refractivity contribution in [1.82, 2.24) is 10.3 Å². The molecule has 0 unspecified atom stereocenters. The van der Waals surface area contributed by atoms with Gasteiger partial charge in [0.05, 0.1) is 24.4 Å². The molecule has 6 heteroatoms. The van der Waals surface area contributed by atoms with E-state index in [2.05, 4.69) is 15.2 Å². The number of fused-ring (bicyclic) bond motifs is 1. The fourth-order valence-corrected chi connectivity index (χ4v) is 3.37. The van der Waals surface area contributed by atoms with E-state index in [4.69, 9.17) is 4.74 Å². The summed E-state index contributed by atoms with van der Waals surface area (Å²) in [5.41, 5.74) is 5.10. The number of amides is 1. The first kappa shape index (κ1) is 19.0. The van der Waals surface area contributed by atoms with Gasteiger partial charge in [0, 0.05) is 26.0 Å². The monoisotopic (exact) mass is 389 g/mol. The summed E-state index contributed by atoms with van der Waals surface area (Å²) in [6.45, 7) is 1.70. The second kappa shape index (κ2) is 8.32. The van der Waals surface area contributed by atoms with E-state index in [1.54, 1.807) is 12.4 Å². The van der Waals surface area contributed by atoms with E-state index in [-0.39, 0.29) is 12.5 Å². The third-order valence-electron chi connectivity index (χ3n) is 5.04. The van der Waals surface area contributed by atoms with Crippen LogP contribution >= 0.6 is 0 Å². The highest BCUT2D eigenvalue weighted by Crippen LogP contribution is 2.38. The zero-order valence-electron chi connectivity index (χ0n) is 16.3. The Kier molecular flexibility index (Phi) is 5.44. The third-order valence-corrected chi connectivity index (χ3v) is 5.04. The Hall–Kier alpha value is -3.38. The average molecular weight is 389 g/mol. The fourth-order valence-electron chi connectivity index (χ4n) is 3.37. The van der Waals surface area contributed by atoms with Gasteiger partial charge < -0.3 is 20.1 Å². The van der Waals surface area contributed by atoms with Crippen molar-refractivity contribution in [2.45, 2.75) is 13.2 Å². The van der Waals surface area contributed by atoms with Gasteiger partial charge in [0.1, 0.15) is 6.61 Å². The smallest absolute Gasteiger partial charge is 0.255 e. The van der Waals surface area contributed by atoms with Gasteiger partial charge in [0.25, 0.3) is 5.91 Å². The molecule has 2 heterocycles. The number of hydrogen-bond donors (Lipinski definition) is 2. The molecule has 0 spiro atoms. The highest BCUT2D eigenvalue weighted by molar-refractivity contribution is 6.00. The Morgan fingerprint density at radius 2 is 2.00 bits per heavy atom. The molecule has 0 bridgehead atoms. The van der Waals surface area contributed by atoms with Crippen LogP contribution in [0.25, 0.3) is 11.1 Å². The molecule has 148 valence electrons. The van der Waals surface area contributed by atoms with Crippen molar-refractivity contribution in [2.24, 2.45) is 0 Å². The highest BCUT2D eigenvalue weighted by Gasteiger charge is 2.24. The van der Waals surface area contributed by atoms with Crippen molar-refractivity contribution in [3.05, 3.63) is 77.6 Å². The summed E-state index contributed by atoms with van der Waals surface area (Å²) in [6, 6.07) is 15.4. The Balaban J connectivity index is 1.69. The van der Waals surface area contributed by atoms with Gasteiger partial charge >= 0.3 is 0 Å². The SMILES string of the molecule is CN1CCOc2c(C(=O)NCc3cccnc3)cc(-c3ccc(CO)cc3)cc21. The normalized spacial score (nSPS) is 12.8. The second-order valence-corrected chi connectivity index (χ2v) is 7.04. The molecule has 0 radical (unpaired) electrons. The molecule has 2 N–H and O–H groups in total. The van der Waals surface area contributed by atoms with Crippen molar-refractivity contribution in [3.8, 4) is 16.9 Å². The Labute approximate surface area is 169 Å². The van der Waals surface area contributed by atoms with Crippen LogP contribution in [0.2, 0.25) is 0 Å². The summed E-state index contributed by atoms with van der Waals surface area (Å²) in [4.78, 5) is 19.2. The van der Waals surface area contributed by atoms with Crippen LogP contribution in [0, 0.1) is 0 Å². The van der Waals surface area contributed by atoms with Gasteiger partial charge in [-0.1, -0.05) is 30.3 Å². The average Bonchev–Trinajstić information content (AvgIpc) is 2.78. The molecule has 3 aromatic rings. The van der Waals surface area contributed by atoms with E-state index in [1.165, 1.54) is 0 Å². The van der Waals surface area contributed by atoms with Crippen LogP contribution in [0.5, 0.6) is 5.75 Å². The molecule has 0 saturated carbocycles. The number of hydrogen-bond acceptors (Lipinski definition) is 5. The second-order valence-electron chi connectivity index (χ2n) is 7.04. The highest BCUT2D eigenvalue weighted by atomic mass is 16.5. The van der Waals surface area contributed by atoms with E-state index in [1.807, 2.05) is 55.6 Å². The first-order chi connectivity index (χ1) is 14.2. The van der Waals surface area contributed by atoms with Crippen molar-refractivity contribution >= 4 is 11.6 Å².